The van der Waals surface area contributed by atoms with Crippen LogP contribution in [0.25, 0.3) is 22.2 Å². The number of para-hydroxylation sites is 1. The van der Waals surface area contributed by atoms with E-state index in [1.54, 1.807) is 6.20 Å². The second-order valence-electron chi connectivity index (χ2n) is 6.46. The molecule has 1 fully saturated rings. The molecule has 0 atom stereocenters. The molecule has 0 bridgehead atoms. The minimum atomic E-state index is 0.831. The van der Waals surface area contributed by atoms with Crippen LogP contribution in [0.4, 0.5) is 5.69 Å². The van der Waals surface area contributed by atoms with E-state index in [-0.39, 0.29) is 0 Å². The number of piperidine rings is 1. The first-order valence-electron chi connectivity index (χ1n) is 8.36. The molecule has 0 spiro atoms. The number of benzene rings is 1. The fourth-order valence-corrected chi connectivity index (χ4v) is 3.33. The number of rotatable bonds is 2. The van der Waals surface area contributed by atoms with Crippen LogP contribution in [-0.2, 0) is 0 Å². The Morgan fingerprint density at radius 1 is 1.04 bits per heavy atom. The zero-order valence-corrected chi connectivity index (χ0v) is 13.4. The Morgan fingerprint density at radius 2 is 1.87 bits per heavy atom. The number of nitrogens with zero attached hydrogens (tertiary/aromatic N) is 3. The molecule has 3 heteroatoms. The Balaban J connectivity index is 1.84. The van der Waals surface area contributed by atoms with Crippen LogP contribution in [0.3, 0.4) is 0 Å². The standard InChI is InChI=1S/C20H21N3/c1-15-8-11-23(12-9-15)20-13-19(16-5-4-10-21-14-16)22-18-7-3-2-6-17(18)20/h2-7,10,13-15H,8-9,11-12H2,1H3. The molecule has 23 heavy (non-hydrogen) atoms. The molecule has 0 N–H and O–H groups in total. The highest BCUT2D eigenvalue weighted by molar-refractivity contribution is 5.94. The molecule has 0 radical (unpaired) electrons. The molecule has 3 nitrogen and oxygen atoms in total. The summed E-state index contributed by atoms with van der Waals surface area (Å²) in [5, 5.41) is 1.25. The van der Waals surface area contributed by atoms with E-state index >= 15 is 0 Å². The monoisotopic (exact) mass is 303 g/mol. The fraction of sp³-hybridized carbons (Fsp3) is 0.300. The molecule has 1 aromatic carbocycles. The van der Waals surface area contributed by atoms with E-state index in [1.807, 2.05) is 12.3 Å². The minimum absolute atomic E-state index is 0.831. The highest BCUT2D eigenvalue weighted by Gasteiger charge is 2.19. The van der Waals surface area contributed by atoms with Gasteiger partial charge in [0.15, 0.2) is 0 Å². The van der Waals surface area contributed by atoms with Crippen LogP contribution in [0.15, 0.2) is 54.9 Å². The molecular formula is C20H21N3. The first-order valence-corrected chi connectivity index (χ1v) is 8.36. The van der Waals surface area contributed by atoms with Gasteiger partial charge in [0.2, 0.25) is 0 Å². The largest absolute Gasteiger partial charge is 0.371 e. The van der Waals surface area contributed by atoms with Crippen molar-refractivity contribution in [3.63, 3.8) is 0 Å². The second kappa shape index (κ2) is 5.99. The predicted octanol–water partition coefficient (Wildman–Crippen LogP) is 4.53. The van der Waals surface area contributed by atoms with E-state index in [2.05, 4.69) is 53.2 Å². The summed E-state index contributed by atoms with van der Waals surface area (Å²) in [6.07, 6.45) is 6.22. The third-order valence-electron chi connectivity index (χ3n) is 4.78. The smallest absolute Gasteiger partial charge is 0.0745 e. The second-order valence-corrected chi connectivity index (χ2v) is 6.46. The minimum Gasteiger partial charge on any atom is -0.371 e. The Morgan fingerprint density at radius 3 is 2.65 bits per heavy atom. The molecule has 0 aliphatic carbocycles. The molecule has 4 rings (SSSR count). The highest BCUT2D eigenvalue weighted by atomic mass is 15.1. The third kappa shape index (κ3) is 2.79. The molecule has 3 aromatic rings. The van der Waals surface area contributed by atoms with Crippen molar-refractivity contribution >= 4 is 16.6 Å². The van der Waals surface area contributed by atoms with E-state index < -0.39 is 0 Å². The van der Waals surface area contributed by atoms with Crippen molar-refractivity contribution in [1.82, 2.24) is 9.97 Å². The molecule has 0 unspecified atom stereocenters. The number of hydrogen-bond acceptors (Lipinski definition) is 3. The molecule has 116 valence electrons. The maximum Gasteiger partial charge on any atom is 0.0745 e. The first kappa shape index (κ1) is 14.2. The summed E-state index contributed by atoms with van der Waals surface area (Å²) < 4.78 is 0. The third-order valence-corrected chi connectivity index (χ3v) is 4.78. The highest BCUT2D eigenvalue weighted by Crippen LogP contribution is 2.32. The van der Waals surface area contributed by atoms with Gasteiger partial charge in [-0.05, 0) is 43.0 Å². The van der Waals surface area contributed by atoms with Crippen LogP contribution >= 0.6 is 0 Å². The van der Waals surface area contributed by atoms with Crippen molar-refractivity contribution in [2.24, 2.45) is 5.92 Å². The van der Waals surface area contributed by atoms with Crippen molar-refractivity contribution in [3.05, 3.63) is 54.9 Å². The van der Waals surface area contributed by atoms with Crippen molar-refractivity contribution in [3.8, 4) is 11.3 Å². The average Bonchev–Trinajstić information content (AvgIpc) is 2.62. The Labute approximate surface area is 137 Å². The zero-order chi connectivity index (χ0) is 15.6. The van der Waals surface area contributed by atoms with E-state index in [1.165, 1.54) is 23.9 Å². The van der Waals surface area contributed by atoms with Crippen LogP contribution in [-0.4, -0.2) is 23.1 Å². The van der Waals surface area contributed by atoms with Gasteiger partial charge >= 0.3 is 0 Å². The van der Waals surface area contributed by atoms with E-state index in [0.717, 1.165) is 35.8 Å². The molecule has 1 saturated heterocycles. The van der Waals surface area contributed by atoms with Gasteiger partial charge in [0.25, 0.3) is 0 Å². The Bertz CT molecular complexity index is 805. The zero-order valence-electron chi connectivity index (χ0n) is 13.4. The number of aromatic nitrogens is 2. The quantitative estimate of drug-likeness (QED) is 0.696. The van der Waals surface area contributed by atoms with E-state index in [9.17, 15) is 0 Å². The average molecular weight is 303 g/mol. The maximum absolute atomic E-state index is 4.85. The summed E-state index contributed by atoms with van der Waals surface area (Å²) in [7, 11) is 0. The number of pyridine rings is 2. The lowest BCUT2D eigenvalue weighted by Gasteiger charge is -2.33. The van der Waals surface area contributed by atoms with Gasteiger partial charge in [-0.1, -0.05) is 25.1 Å². The normalized spacial score (nSPS) is 16.0. The lowest BCUT2D eigenvalue weighted by atomic mass is 9.98. The van der Waals surface area contributed by atoms with E-state index in [0.29, 0.717) is 0 Å². The summed E-state index contributed by atoms with van der Waals surface area (Å²) in [5.74, 6) is 0.831. The SMILES string of the molecule is CC1CCN(c2cc(-c3cccnc3)nc3ccccc23)CC1. The molecule has 3 heterocycles. The lowest BCUT2D eigenvalue weighted by Crippen LogP contribution is -2.32. The van der Waals surface area contributed by atoms with Crippen molar-refractivity contribution < 1.29 is 0 Å². The summed E-state index contributed by atoms with van der Waals surface area (Å²) in [5.41, 5.74) is 4.44. The van der Waals surface area contributed by atoms with Crippen LogP contribution < -0.4 is 4.90 Å². The van der Waals surface area contributed by atoms with Gasteiger partial charge in [-0.3, -0.25) is 4.98 Å². The van der Waals surface area contributed by atoms with Gasteiger partial charge in [-0.25, -0.2) is 4.98 Å². The van der Waals surface area contributed by atoms with Gasteiger partial charge < -0.3 is 4.90 Å². The lowest BCUT2D eigenvalue weighted by molar-refractivity contribution is 0.439. The van der Waals surface area contributed by atoms with Gasteiger partial charge in [-0.2, -0.15) is 0 Å². The van der Waals surface area contributed by atoms with Gasteiger partial charge in [0, 0.05) is 42.1 Å². The topological polar surface area (TPSA) is 29.0 Å². The molecule has 0 saturated carbocycles. The van der Waals surface area contributed by atoms with Crippen molar-refractivity contribution in [1.29, 1.82) is 0 Å². The van der Waals surface area contributed by atoms with Crippen LogP contribution in [0, 0.1) is 5.92 Å². The predicted molar refractivity (Wildman–Crippen MR) is 95.6 cm³/mol. The molecule has 0 amide bonds. The molecule has 1 aliphatic rings. The summed E-state index contributed by atoms with van der Waals surface area (Å²) >= 11 is 0. The molecule has 1 aliphatic heterocycles. The number of anilines is 1. The molecular weight excluding hydrogens is 282 g/mol. The van der Waals surface area contributed by atoms with Crippen LogP contribution in [0.5, 0.6) is 0 Å². The van der Waals surface area contributed by atoms with Gasteiger partial charge in [-0.15, -0.1) is 0 Å². The fourth-order valence-electron chi connectivity index (χ4n) is 3.33. The van der Waals surface area contributed by atoms with Crippen LogP contribution in [0.1, 0.15) is 19.8 Å². The van der Waals surface area contributed by atoms with Crippen molar-refractivity contribution in [2.75, 3.05) is 18.0 Å². The summed E-state index contributed by atoms with van der Waals surface area (Å²) in [4.78, 5) is 11.6. The number of hydrogen-bond donors (Lipinski definition) is 0. The summed E-state index contributed by atoms with van der Waals surface area (Å²) in [6.45, 7) is 4.60. The Hall–Kier alpha value is -2.42. The van der Waals surface area contributed by atoms with Crippen LogP contribution in [0.2, 0.25) is 0 Å². The van der Waals surface area contributed by atoms with E-state index in [4.69, 9.17) is 4.98 Å². The number of fused-ring (bicyclic) bond motifs is 1. The molecule has 2 aromatic heterocycles. The van der Waals surface area contributed by atoms with Crippen molar-refractivity contribution in [2.45, 2.75) is 19.8 Å². The van der Waals surface area contributed by atoms with Gasteiger partial charge in [0.05, 0.1) is 11.2 Å². The first-order chi connectivity index (χ1) is 11.3. The van der Waals surface area contributed by atoms with Gasteiger partial charge in [0.1, 0.15) is 0 Å². The maximum atomic E-state index is 4.85. The summed E-state index contributed by atoms with van der Waals surface area (Å²) in [6, 6.07) is 14.7. The Kier molecular flexibility index (Phi) is 3.70.